The van der Waals surface area contributed by atoms with Crippen molar-refractivity contribution in [3.8, 4) is 0 Å². The zero-order valence-electron chi connectivity index (χ0n) is 13.5. The molecule has 1 atom stereocenters. The number of pyridine rings is 1. The molecule has 0 radical (unpaired) electrons. The number of amides is 1. The maximum absolute atomic E-state index is 12.4. The summed E-state index contributed by atoms with van der Waals surface area (Å²) in [6.07, 6.45) is 1.83. The number of aryl methyl sites for hydroxylation is 1. The summed E-state index contributed by atoms with van der Waals surface area (Å²) in [5.74, 6) is -0.145. The van der Waals surface area contributed by atoms with Crippen molar-refractivity contribution in [3.05, 3.63) is 80.6 Å². The number of carbonyl (C=O) groups excluding carboxylic acids is 1. The number of para-hydroxylation sites is 1. The zero-order valence-corrected chi connectivity index (χ0v) is 14.3. The van der Waals surface area contributed by atoms with Crippen LogP contribution in [0.4, 0.5) is 0 Å². The average molecular weight is 353 g/mol. The van der Waals surface area contributed by atoms with Gasteiger partial charge in [-0.25, -0.2) is 0 Å². The van der Waals surface area contributed by atoms with E-state index in [1.807, 2.05) is 42.5 Å². The van der Waals surface area contributed by atoms with Crippen LogP contribution in [0, 0.1) is 0 Å². The Labute approximate surface area is 149 Å². The molecule has 1 amide bonds. The predicted octanol–water partition coefficient (Wildman–Crippen LogP) is 3.53. The van der Waals surface area contributed by atoms with E-state index in [9.17, 15) is 9.59 Å². The first-order valence-electron chi connectivity index (χ1n) is 8.29. The van der Waals surface area contributed by atoms with Crippen molar-refractivity contribution in [3.63, 3.8) is 0 Å². The molecule has 126 valence electrons. The SMILES string of the molecule is O=C(Cc1cc2ccccc2[nH]c1=O)N[C@H]1CCc2cc(Cl)ccc21. The van der Waals surface area contributed by atoms with Crippen LogP contribution < -0.4 is 10.9 Å². The van der Waals surface area contributed by atoms with E-state index < -0.39 is 0 Å². The molecule has 0 bridgehead atoms. The van der Waals surface area contributed by atoms with Gasteiger partial charge in [0.25, 0.3) is 5.56 Å². The number of halogens is 1. The number of nitrogens with one attached hydrogen (secondary N) is 2. The lowest BCUT2D eigenvalue weighted by atomic mass is 10.1. The summed E-state index contributed by atoms with van der Waals surface area (Å²) in [7, 11) is 0. The van der Waals surface area contributed by atoms with Gasteiger partial charge in [0.1, 0.15) is 0 Å². The van der Waals surface area contributed by atoms with Crippen LogP contribution in [-0.2, 0) is 17.6 Å². The molecule has 0 saturated carbocycles. The topological polar surface area (TPSA) is 62.0 Å². The van der Waals surface area contributed by atoms with Crippen LogP contribution in [0.3, 0.4) is 0 Å². The van der Waals surface area contributed by atoms with Crippen molar-refractivity contribution in [1.82, 2.24) is 10.3 Å². The normalized spacial score (nSPS) is 16.0. The molecule has 4 rings (SSSR count). The molecule has 1 aromatic heterocycles. The molecule has 5 heteroatoms. The number of aromatic nitrogens is 1. The number of carbonyl (C=O) groups is 1. The monoisotopic (exact) mass is 352 g/mol. The second-order valence-corrected chi connectivity index (χ2v) is 6.83. The van der Waals surface area contributed by atoms with Crippen molar-refractivity contribution < 1.29 is 4.79 Å². The molecule has 25 heavy (non-hydrogen) atoms. The fourth-order valence-electron chi connectivity index (χ4n) is 3.48. The van der Waals surface area contributed by atoms with Gasteiger partial charge in [-0.2, -0.15) is 0 Å². The van der Waals surface area contributed by atoms with E-state index in [4.69, 9.17) is 11.6 Å². The lowest BCUT2D eigenvalue weighted by Gasteiger charge is -2.14. The Morgan fingerprint density at radius 2 is 2.04 bits per heavy atom. The summed E-state index contributed by atoms with van der Waals surface area (Å²) in [6.45, 7) is 0. The minimum absolute atomic E-state index is 0.0145. The maximum Gasteiger partial charge on any atom is 0.252 e. The number of aromatic amines is 1. The fourth-order valence-corrected chi connectivity index (χ4v) is 3.67. The van der Waals surface area contributed by atoms with Crippen molar-refractivity contribution in [1.29, 1.82) is 0 Å². The number of H-pyrrole nitrogens is 1. The number of benzene rings is 2. The summed E-state index contributed by atoms with van der Waals surface area (Å²) >= 11 is 6.02. The number of fused-ring (bicyclic) bond motifs is 2. The molecule has 0 saturated heterocycles. The van der Waals surface area contributed by atoms with Crippen molar-refractivity contribution in [2.24, 2.45) is 0 Å². The van der Waals surface area contributed by atoms with E-state index >= 15 is 0 Å². The highest BCUT2D eigenvalue weighted by Crippen LogP contribution is 2.32. The molecule has 2 aromatic carbocycles. The largest absolute Gasteiger partial charge is 0.349 e. The van der Waals surface area contributed by atoms with Gasteiger partial charge < -0.3 is 10.3 Å². The summed E-state index contributed by atoms with van der Waals surface area (Å²) in [6, 6.07) is 15.1. The zero-order chi connectivity index (χ0) is 17.4. The third-order valence-electron chi connectivity index (χ3n) is 4.70. The highest BCUT2D eigenvalue weighted by atomic mass is 35.5. The van der Waals surface area contributed by atoms with Crippen LogP contribution in [0.25, 0.3) is 10.9 Å². The fraction of sp³-hybridized carbons (Fsp3) is 0.200. The molecular formula is C20H17ClN2O2. The lowest BCUT2D eigenvalue weighted by molar-refractivity contribution is -0.121. The minimum atomic E-state index is -0.215. The van der Waals surface area contributed by atoms with Gasteiger partial charge in [-0.3, -0.25) is 9.59 Å². The van der Waals surface area contributed by atoms with Crippen LogP contribution >= 0.6 is 11.6 Å². The molecule has 0 unspecified atom stereocenters. The summed E-state index contributed by atoms with van der Waals surface area (Å²) in [4.78, 5) is 27.5. The van der Waals surface area contributed by atoms with Crippen molar-refractivity contribution in [2.45, 2.75) is 25.3 Å². The average Bonchev–Trinajstić information content (AvgIpc) is 2.97. The second kappa shape index (κ2) is 6.37. The molecule has 1 aliphatic carbocycles. The quantitative estimate of drug-likeness (QED) is 0.757. The van der Waals surface area contributed by atoms with Gasteiger partial charge in [-0.15, -0.1) is 0 Å². The van der Waals surface area contributed by atoms with Gasteiger partial charge in [0.15, 0.2) is 0 Å². The van der Waals surface area contributed by atoms with Crippen LogP contribution in [-0.4, -0.2) is 10.9 Å². The Morgan fingerprint density at radius 3 is 2.92 bits per heavy atom. The molecule has 0 aliphatic heterocycles. The molecule has 3 aromatic rings. The Bertz CT molecular complexity index is 1030. The van der Waals surface area contributed by atoms with E-state index in [-0.39, 0.29) is 23.9 Å². The van der Waals surface area contributed by atoms with E-state index in [0.717, 1.165) is 29.3 Å². The standard InChI is InChI=1S/C20H17ClN2O2/c21-15-6-7-16-12(10-15)5-8-18(16)22-19(24)11-14-9-13-3-1-2-4-17(13)23-20(14)25/h1-4,6-7,9-10,18H,5,8,11H2,(H,22,24)(H,23,25)/t18-/m0/s1. The van der Waals surface area contributed by atoms with Crippen LogP contribution in [0.1, 0.15) is 29.2 Å². The first-order valence-corrected chi connectivity index (χ1v) is 8.66. The maximum atomic E-state index is 12.4. The van der Waals surface area contributed by atoms with Gasteiger partial charge in [-0.05, 0) is 53.6 Å². The minimum Gasteiger partial charge on any atom is -0.349 e. The van der Waals surface area contributed by atoms with Crippen molar-refractivity contribution in [2.75, 3.05) is 0 Å². The first-order chi connectivity index (χ1) is 12.1. The van der Waals surface area contributed by atoms with Gasteiger partial charge in [-0.1, -0.05) is 35.9 Å². The lowest BCUT2D eigenvalue weighted by Crippen LogP contribution is -2.30. The molecule has 1 aliphatic rings. The van der Waals surface area contributed by atoms with Crippen LogP contribution in [0.2, 0.25) is 5.02 Å². The number of rotatable bonds is 3. The Balaban J connectivity index is 1.52. The number of hydrogen-bond acceptors (Lipinski definition) is 2. The smallest absolute Gasteiger partial charge is 0.252 e. The van der Waals surface area contributed by atoms with Crippen LogP contribution in [0.5, 0.6) is 0 Å². The van der Waals surface area contributed by atoms with E-state index in [0.29, 0.717) is 10.6 Å². The van der Waals surface area contributed by atoms with Gasteiger partial charge >= 0.3 is 0 Å². The molecule has 0 fully saturated rings. The number of hydrogen-bond donors (Lipinski definition) is 2. The van der Waals surface area contributed by atoms with Crippen LogP contribution in [0.15, 0.2) is 53.3 Å². The highest BCUT2D eigenvalue weighted by molar-refractivity contribution is 6.30. The summed E-state index contributed by atoms with van der Waals surface area (Å²) in [5.41, 5.74) is 3.34. The third kappa shape index (κ3) is 3.17. The van der Waals surface area contributed by atoms with E-state index in [2.05, 4.69) is 10.3 Å². The molecule has 2 N–H and O–H groups in total. The molecule has 4 nitrogen and oxygen atoms in total. The van der Waals surface area contributed by atoms with Gasteiger partial charge in [0, 0.05) is 16.1 Å². The summed E-state index contributed by atoms with van der Waals surface area (Å²) in [5, 5.41) is 4.68. The van der Waals surface area contributed by atoms with E-state index in [1.54, 1.807) is 6.07 Å². The van der Waals surface area contributed by atoms with Gasteiger partial charge in [0.05, 0.1) is 12.5 Å². The molecular weight excluding hydrogens is 336 g/mol. The molecule has 1 heterocycles. The van der Waals surface area contributed by atoms with E-state index in [1.165, 1.54) is 5.56 Å². The first kappa shape index (κ1) is 15.9. The van der Waals surface area contributed by atoms with Crippen molar-refractivity contribution >= 4 is 28.4 Å². The Morgan fingerprint density at radius 1 is 1.20 bits per heavy atom. The second-order valence-electron chi connectivity index (χ2n) is 6.39. The Kier molecular flexibility index (Phi) is 4.06. The molecule has 0 spiro atoms. The van der Waals surface area contributed by atoms with Gasteiger partial charge in [0.2, 0.25) is 5.91 Å². The Hall–Kier alpha value is -2.59. The third-order valence-corrected chi connectivity index (χ3v) is 4.93. The highest BCUT2D eigenvalue weighted by Gasteiger charge is 2.24. The predicted molar refractivity (Wildman–Crippen MR) is 98.9 cm³/mol. The summed E-state index contributed by atoms with van der Waals surface area (Å²) < 4.78 is 0.